The zero-order chi connectivity index (χ0) is 23.3. The van der Waals surface area contributed by atoms with Crippen LogP contribution in [0.3, 0.4) is 0 Å². The standard InChI is InChI=1S/C22H22F3N5O3/c23-17-11-1-3-27-7-14(11)16(6-13(17)20(24)25)33-8-10-5-15(19(32)18(10)31)30-4-2-12-21(26)28-9-29-22(12)30/h2,4-6,9,15,18-20,27,31-32H,1,3,7-8H2,(H2,26,28,29). The Morgan fingerprint density at radius 1 is 1.27 bits per heavy atom. The van der Waals surface area contributed by atoms with E-state index in [9.17, 15) is 23.4 Å². The highest BCUT2D eigenvalue weighted by Gasteiger charge is 2.37. The van der Waals surface area contributed by atoms with Gasteiger partial charge in [0.2, 0.25) is 0 Å². The summed E-state index contributed by atoms with van der Waals surface area (Å²) in [5.74, 6) is -0.471. The number of fused-ring (bicyclic) bond motifs is 2. The summed E-state index contributed by atoms with van der Waals surface area (Å²) in [5.41, 5.74) is 6.74. The SMILES string of the molecule is Nc1ncnc2c1ccn2C1C=C(COc2cc(C(F)F)c(F)c3c2CNCC3)C(O)C1O. The zero-order valence-corrected chi connectivity index (χ0v) is 17.4. The van der Waals surface area contributed by atoms with Crippen molar-refractivity contribution in [2.24, 2.45) is 0 Å². The normalized spacial score (nSPS) is 22.6. The third kappa shape index (κ3) is 3.62. The van der Waals surface area contributed by atoms with E-state index in [-0.39, 0.29) is 30.9 Å². The second kappa shape index (κ2) is 8.32. The predicted molar refractivity (Wildman–Crippen MR) is 113 cm³/mol. The van der Waals surface area contributed by atoms with Gasteiger partial charge in [-0.1, -0.05) is 6.08 Å². The van der Waals surface area contributed by atoms with E-state index in [0.717, 1.165) is 6.07 Å². The number of nitrogens with one attached hydrogen (secondary N) is 1. The van der Waals surface area contributed by atoms with Crippen molar-refractivity contribution in [2.75, 3.05) is 18.9 Å². The first-order valence-corrected chi connectivity index (χ1v) is 10.5. The highest BCUT2D eigenvalue weighted by atomic mass is 19.3. The largest absolute Gasteiger partial charge is 0.489 e. The van der Waals surface area contributed by atoms with Crippen LogP contribution >= 0.6 is 0 Å². The second-order valence-electron chi connectivity index (χ2n) is 8.14. The molecule has 2 aliphatic rings. The molecule has 0 spiro atoms. The van der Waals surface area contributed by atoms with Crippen LogP contribution in [0.5, 0.6) is 5.75 Å². The molecule has 0 radical (unpaired) electrons. The van der Waals surface area contributed by atoms with E-state index in [4.69, 9.17) is 10.5 Å². The Morgan fingerprint density at radius 3 is 2.88 bits per heavy atom. The average molecular weight is 461 g/mol. The lowest BCUT2D eigenvalue weighted by atomic mass is 9.96. The smallest absolute Gasteiger partial charge is 0.266 e. The van der Waals surface area contributed by atoms with E-state index in [1.807, 2.05) is 0 Å². The van der Waals surface area contributed by atoms with Gasteiger partial charge in [0.05, 0.1) is 17.0 Å². The van der Waals surface area contributed by atoms with Crippen molar-refractivity contribution in [3.8, 4) is 5.75 Å². The number of aliphatic hydroxyl groups excluding tert-OH is 2. The molecule has 1 aliphatic carbocycles. The molecule has 3 heterocycles. The molecule has 3 unspecified atom stereocenters. The topological polar surface area (TPSA) is 118 Å². The van der Waals surface area contributed by atoms with E-state index >= 15 is 0 Å². The van der Waals surface area contributed by atoms with Crippen LogP contribution in [0.1, 0.15) is 29.2 Å². The molecule has 0 saturated heterocycles. The number of aliphatic hydroxyl groups is 2. The maximum atomic E-state index is 14.5. The van der Waals surface area contributed by atoms with Gasteiger partial charge in [-0.2, -0.15) is 0 Å². The molecular weight excluding hydrogens is 439 g/mol. The quantitative estimate of drug-likeness (QED) is 0.430. The molecular formula is C22H22F3N5O3. The van der Waals surface area contributed by atoms with Crippen molar-refractivity contribution in [3.05, 3.63) is 58.8 Å². The molecule has 8 nitrogen and oxygen atoms in total. The van der Waals surface area contributed by atoms with Gasteiger partial charge >= 0.3 is 0 Å². The first-order chi connectivity index (χ1) is 15.9. The first-order valence-electron chi connectivity index (χ1n) is 10.5. The monoisotopic (exact) mass is 461 g/mol. The van der Waals surface area contributed by atoms with Crippen LogP contribution in [0, 0.1) is 5.82 Å². The summed E-state index contributed by atoms with van der Waals surface area (Å²) in [6.07, 6.45) is -0.483. The van der Waals surface area contributed by atoms with Gasteiger partial charge in [0.15, 0.2) is 0 Å². The van der Waals surface area contributed by atoms with Gasteiger partial charge in [-0.05, 0) is 36.2 Å². The summed E-state index contributed by atoms with van der Waals surface area (Å²) in [6.45, 7) is 0.604. The molecule has 3 atom stereocenters. The van der Waals surface area contributed by atoms with Gasteiger partial charge in [0.25, 0.3) is 6.43 Å². The first kappa shape index (κ1) is 21.7. The average Bonchev–Trinajstić information content (AvgIpc) is 3.35. The molecule has 11 heteroatoms. The Kier molecular flexibility index (Phi) is 5.47. The number of nitrogens with zero attached hydrogens (tertiary/aromatic N) is 3. The summed E-state index contributed by atoms with van der Waals surface area (Å²) >= 11 is 0. The van der Waals surface area contributed by atoms with Gasteiger partial charge in [-0.25, -0.2) is 23.1 Å². The number of benzene rings is 1. The van der Waals surface area contributed by atoms with Crippen LogP contribution in [-0.4, -0.2) is 50.1 Å². The van der Waals surface area contributed by atoms with Crippen LogP contribution in [0.4, 0.5) is 19.0 Å². The zero-order valence-electron chi connectivity index (χ0n) is 17.4. The lowest BCUT2D eigenvalue weighted by Gasteiger charge is -2.23. The summed E-state index contributed by atoms with van der Waals surface area (Å²) in [7, 11) is 0. The lowest BCUT2D eigenvalue weighted by molar-refractivity contribution is 0.0295. The Labute approximate surface area is 186 Å². The Bertz CT molecular complexity index is 1250. The fraction of sp³-hybridized carbons (Fsp3) is 0.364. The van der Waals surface area contributed by atoms with Gasteiger partial charge in [0, 0.05) is 18.3 Å². The Morgan fingerprint density at radius 2 is 2.09 bits per heavy atom. The van der Waals surface area contributed by atoms with Crippen molar-refractivity contribution in [1.82, 2.24) is 19.9 Å². The number of ether oxygens (including phenoxy) is 1. The molecule has 0 amide bonds. The molecule has 2 aromatic heterocycles. The fourth-order valence-electron chi connectivity index (χ4n) is 4.51. The minimum atomic E-state index is -2.98. The number of alkyl halides is 2. The number of nitrogen functional groups attached to an aromatic ring is 1. The maximum Gasteiger partial charge on any atom is 0.266 e. The van der Waals surface area contributed by atoms with E-state index < -0.39 is 36.1 Å². The van der Waals surface area contributed by atoms with Crippen LogP contribution in [0.25, 0.3) is 11.0 Å². The third-order valence-electron chi connectivity index (χ3n) is 6.25. The summed E-state index contributed by atoms with van der Waals surface area (Å²) in [5, 5.41) is 25.0. The number of hydrogen-bond donors (Lipinski definition) is 4. The number of halogens is 3. The molecule has 1 aromatic carbocycles. The molecule has 174 valence electrons. The summed E-state index contributed by atoms with van der Waals surface area (Å²) in [4.78, 5) is 8.15. The van der Waals surface area contributed by atoms with E-state index in [2.05, 4.69) is 15.3 Å². The van der Waals surface area contributed by atoms with Crippen molar-refractivity contribution >= 4 is 16.9 Å². The van der Waals surface area contributed by atoms with E-state index in [1.54, 1.807) is 22.9 Å². The number of anilines is 1. The predicted octanol–water partition coefficient (Wildman–Crippen LogP) is 2.02. The van der Waals surface area contributed by atoms with Crippen LogP contribution in [0.15, 0.2) is 36.3 Å². The van der Waals surface area contributed by atoms with E-state index in [0.29, 0.717) is 34.5 Å². The van der Waals surface area contributed by atoms with Crippen LogP contribution in [0.2, 0.25) is 0 Å². The molecule has 5 rings (SSSR count). The molecule has 3 aromatic rings. The van der Waals surface area contributed by atoms with Gasteiger partial charge < -0.3 is 30.6 Å². The minimum absolute atomic E-state index is 0.131. The summed E-state index contributed by atoms with van der Waals surface area (Å²) in [6, 6.07) is 2.09. The van der Waals surface area contributed by atoms with Gasteiger partial charge in [-0.15, -0.1) is 0 Å². The Hall–Kier alpha value is -3.15. The number of nitrogens with two attached hydrogens (primary N) is 1. The number of hydrogen-bond acceptors (Lipinski definition) is 7. The van der Waals surface area contributed by atoms with Crippen LogP contribution < -0.4 is 15.8 Å². The van der Waals surface area contributed by atoms with Gasteiger partial charge in [-0.3, -0.25) is 0 Å². The van der Waals surface area contributed by atoms with Crippen molar-refractivity contribution in [3.63, 3.8) is 0 Å². The Balaban J connectivity index is 1.44. The third-order valence-corrected chi connectivity index (χ3v) is 6.25. The molecule has 0 fully saturated rings. The number of aromatic nitrogens is 3. The summed E-state index contributed by atoms with van der Waals surface area (Å²) < 4.78 is 48.8. The molecule has 0 bridgehead atoms. The second-order valence-corrected chi connectivity index (χ2v) is 8.14. The van der Waals surface area contributed by atoms with Crippen molar-refractivity contribution < 1.29 is 28.1 Å². The highest BCUT2D eigenvalue weighted by Crippen LogP contribution is 2.37. The van der Waals surface area contributed by atoms with Crippen molar-refractivity contribution in [1.29, 1.82) is 0 Å². The number of rotatable bonds is 5. The molecule has 33 heavy (non-hydrogen) atoms. The highest BCUT2D eigenvalue weighted by molar-refractivity contribution is 5.86. The van der Waals surface area contributed by atoms with Crippen molar-refractivity contribution in [2.45, 2.75) is 37.6 Å². The fourth-order valence-corrected chi connectivity index (χ4v) is 4.51. The lowest BCUT2D eigenvalue weighted by Crippen LogP contribution is -2.30. The van der Waals surface area contributed by atoms with Gasteiger partial charge in [0.1, 0.15) is 48.2 Å². The van der Waals surface area contributed by atoms with E-state index in [1.165, 1.54) is 6.33 Å². The molecule has 0 saturated carbocycles. The molecule has 1 aliphatic heterocycles. The minimum Gasteiger partial charge on any atom is -0.489 e. The molecule has 5 N–H and O–H groups in total. The maximum absolute atomic E-state index is 14.5. The van der Waals surface area contributed by atoms with Crippen LogP contribution in [-0.2, 0) is 13.0 Å².